The van der Waals surface area contributed by atoms with E-state index < -0.39 is 0 Å². The molecule has 18 heavy (non-hydrogen) atoms. The molecule has 0 spiro atoms. The Hall–Kier alpha value is -1.97. The van der Waals surface area contributed by atoms with Crippen LogP contribution >= 0.6 is 0 Å². The maximum Gasteiger partial charge on any atom is 0.121 e. The second-order valence-electron chi connectivity index (χ2n) is 4.13. The standard InChI is InChI=1S/C14H19N3O/c1-4-12-14(15)13(5-2)17(16-12)10-7-6-8-11(9-10)18-3/h6-9H,4-5,15H2,1-3H3. The lowest BCUT2D eigenvalue weighted by atomic mass is 10.2. The van der Waals surface area contributed by atoms with Crippen molar-refractivity contribution in [2.45, 2.75) is 26.7 Å². The highest BCUT2D eigenvalue weighted by atomic mass is 16.5. The fourth-order valence-electron chi connectivity index (χ4n) is 2.07. The molecule has 1 heterocycles. The largest absolute Gasteiger partial charge is 0.497 e. The Bertz CT molecular complexity index is 546. The van der Waals surface area contributed by atoms with Crippen LogP contribution in [0.3, 0.4) is 0 Å². The average molecular weight is 245 g/mol. The zero-order chi connectivity index (χ0) is 13.1. The van der Waals surface area contributed by atoms with Gasteiger partial charge in [-0.05, 0) is 25.0 Å². The third-order valence-electron chi connectivity index (χ3n) is 3.07. The zero-order valence-electron chi connectivity index (χ0n) is 11.1. The molecule has 0 saturated heterocycles. The minimum Gasteiger partial charge on any atom is -0.497 e. The molecule has 1 aromatic heterocycles. The monoisotopic (exact) mass is 245 g/mol. The summed E-state index contributed by atoms with van der Waals surface area (Å²) in [4.78, 5) is 0. The molecular weight excluding hydrogens is 226 g/mol. The van der Waals surface area contributed by atoms with Crippen LogP contribution in [0.25, 0.3) is 5.69 Å². The van der Waals surface area contributed by atoms with Gasteiger partial charge in [-0.25, -0.2) is 4.68 Å². The summed E-state index contributed by atoms with van der Waals surface area (Å²) in [5.74, 6) is 0.821. The SMILES string of the molecule is CCc1nn(-c2cccc(OC)c2)c(CC)c1N. The van der Waals surface area contributed by atoms with E-state index in [4.69, 9.17) is 10.5 Å². The number of aryl methyl sites for hydroxylation is 1. The average Bonchev–Trinajstić information content (AvgIpc) is 2.75. The van der Waals surface area contributed by atoms with Gasteiger partial charge in [-0.1, -0.05) is 19.9 Å². The number of benzene rings is 1. The number of aromatic nitrogens is 2. The van der Waals surface area contributed by atoms with Crippen molar-refractivity contribution >= 4 is 5.69 Å². The van der Waals surface area contributed by atoms with Gasteiger partial charge in [0.25, 0.3) is 0 Å². The van der Waals surface area contributed by atoms with Gasteiger partial charge >= 0.3 is 0 Å². The number of anilines is 1. The van der Waals surface area contributed by atoms with Gasteiger partial charge < -0.3 is 10.5 Å². The maximum atomic E-state index is 6.12. The first kappa shape index (κ1) is 12.5. The molecule has 2 rings (SSSR count). The lowest BCUT2D eigenvalue weighted by Gasteiger charge is -2.08. The highest BCUT2D eigenvalue weighted by Crippen LogP contribution is 2.24. The molecule has 0 aliphatic rings. The number of methoxy groups -OCH3 is 1. The highest BCUT2D eigenvalue weighted by molar-refractivity contribution is 5.52. The van der Waals surface area contributed by atoms with Gasteiger partial charge in [0.15, 0.2) is 0 Å². The molecule has 0 radical (unpaired) electrons. The van der Waals surface area contributed by atoms with Gasteiger partial charge in [0.05, 0.1) is 29.9 Å². The molecular formula is C14H19N3O. The molecule has 0 aliphatic heterocycles. The number of nitrogens with zero attached hydrogens (tertiary/aromatic N) is 2. The maximum absolute atomic E-state index is 6.12. The number of rotatable bonds is 4. The van der Waals surface area contributed by atoms with Crippen molar-refractivity contribution in [1.29, 1.82) is 0 Å². The summed E-state index contributed by atoms with van der Waals surface area (Å²) < 4.78 is 7.15. The van der Waals surface area contributed by atoms with Crippen LogP contribution in [0.1, 0.15) is 25.2 Å². The summed E-state index contributed by atoms with van der Waals surface area (Å²) in [6.07, 6.45) is 1.70. The van der Waals surface area contributed by atoms with Crippen molar-refractivity contribution in [3.8, 4) is 11.4 Å². The lowest BCUT2D eigenvalue weighted by molar-refractivity contribution is 0.414. The molecule has 0 atom stereocenters. The smallest absolute Gasteiger partial charge is 0.121 e. The molecule has 1 aromatic carbocycles. The summed E-state index contributed by atoms with van der Waals surface area (Å²) in [6.45, 7) is 4.15. The summed E-state index contributed by atoms with van der Waals surface area (Å²) in [7, 11) is 1.66. The first-order valence-electron chi connectivity index (χ1n) is 6.21. The third kappa shape index (κ3) is 2.06. The van der Waals surface area contributed by atoms with Gasteiger partial charge in [-0.3, -0.25) is 0 Å². The van der Waals surface area contributed by atoms with E-state index in [-0.39, 0.29) is 0 Å². The molecule has 0 aliphatic carbocycles. The first-order chi connectivity index (χ1) is 8.71. The van der Waals surface area contributed by atoms with E-state index in [1.807, 2.05) is 28.9 Å². The van der Waals surface area contributed by atoms with Crippen LogP contribution in [0.5, 0.6) is 5.75 Å². The molecule has 2 aromatic rings. The van der Waals surface area contributed by atoms with Crippen LogP contribution in [0.4, 0.5) is 5.69 Å². The minimum atomic E-state index is 0.808. The minimum absolute atomic E-state index is 0.808. The van der Waals surface area contributed by atoms with E-state index in [1.165, 1.54) is 0 Å². The fourth-order valence-corrected chi connectivity index (χ4v) is 2.07. The number of nitrogens with two attached hydrogens (primary N) is 1. The van der Waals surface area contributed by atoms with Crippen molar-refractivity contribution < 1.29 is 4.74 Å². The zero-order valence-corrected chi connectivity index (χ0v) is 11.1. The van der Waals surface area contributed by atoms with Gasteiger partial charge in [0.2, 0.25) is 0 Å². The Kier molecular flexibility index (Phi) is 3.55. The van der Waals surface area contributed by atoms with Crippen LogP contribution in [0.2, 0.25) is 0 Å². The topological polar surface area (TPSA) is 53.1 Å². The number of ether oxygens (including phenoxy) is 1. The van der Waals surface area contributed by atoms with E-state index in [2.05, 4.69) is 18.9 Å². The molecule has 96 valence electrons. The predicted octanol–water partition coefficient (Wildman–Crippen LogP) is 2.59. The van der Waals surface area contributed by atoms with Crippen molar-refractivity contribution in [2.24, 2.45) is 0 Å². The van der Waals surface area contributed by atoms with Crippen LogP contribution in [0, 0.1) is 0 Å². The summed E-state index contributed by atoms with van der Waals surface area (Å²) in [5.41, 5.74) is 9.92. The van der Waals surface area contributed by atoms with Crippen molar-refractivity contribution in [1.82, 2.24) is 9.78 Å². The van der Waals surface area contributed by atoms with Gasteiger partial charge in [0, 0.05) is 6.07 Å². The van der Waals surface area contributed by atoms with E-state index in [0.29, 0.717) is 0 Å². The number of hydrogen-bond donors (Lipinski definition) is 1. The van der Waals surface area contributed by atoms with Crippen LogP contribution in [-0.2, 0) is 12.8 Å². The normalized spacial score (nSPS) is 10.6. The third-order valence-corrected chi connectivity index (χ3v) is 3.07. The molecule has 2 N–H and O–H groups in total. The lowest BCUT2D eigenvalue weighted by Crippen LogP contribution is -2.02. The first-order valence-corrected chi connectivity index (χ1v) is 6.21. The van der Waals surface area contributed by atoms with Crippen LogP contribution in [-0.4, -0.2) is 16.9 Å². The Morgan fingerprint density at radius 1 is 1.28 bits per heavy atom. The van der Waals surface area contributed by atoms with Crippen LogP contribution < -0.4 is 10.5 Å². The molecule has 0 amide bonds. The highest BCUT2D eigenvalue weighted by Gasteiger charge is 2.13. The number of nitrogen functional groups attached to an aromatic ring is 1. The van der Waals surface area contributed by atoms with Gasteiger partial charge in [0.1, 0.15) is 5.75 Å². The van der Waals surface area contributed by atoms with Crippen molar-refractivity contribution in [2.75, 3.05) is 12.8 Å². The predicted molar refractivity (Wildman–Crippen MR) is 73.3 cm³/mol. The molecule has 4 heteroatoms. The van der Waals surface area contributed by atoms with Crippen molar-refractivity contribution in [3.05, 3.63) is 35.7 Å². The molecule has 0 fully saturated rings. The second kappa shape index (κ2) is 5.12. The summed E-state index contributed by atoms with van der Waals surface area (Å²) >= 11 is 0. The Morgan fingerprint density at radius 2 is 2.06 bits per heavy atom. The Balaban J connectivity index is 2.55. The summed E-state index contributed by atoms with van der Waals surface area (Å²) in [6, 6.07) is 7.85. The Labute approximate surface area is 107 Å². The quantitative estimate of drug-likeness (QED) is 0.900. The van der Waals surface area contributed by atoms with E-state index in [1.54, 1.807) is 7.11 Å². The fraction of sp³-hybridized carbons (Fsp3) is 0.357. The second-order valence-corrected chi connectivity index (χ2v) is 4.13. The molecule has 0 unspecified atom stereocenters. The van der Waals surface area contributed by atoms with Crippen LogP contribution in [0.15, 0.2) is 24.3 Å². The summed E-state index contributed by atoms with van der Waals surface area (Å²) in [5, 5.41) is 4.58. The number of hydrogen-bond acceptors (Lipinski definition) is 3. The van der Waals surface area contributed by atoms with E-state index in [9.17, 15) is 0 Å². The molecule has 0 saturated carbocycles. The van der Waals surface area contributed by atoms with Gasteiger partial charge in [-0.2, -0.15) is 5.10 Å². The van der Waals surface area contributed by atoms with Gasteiger partial charge in [-0.15, -0.1) is 0 Å². The molecule has 0 bridgehead atoms. The molecule has 4 nitrogen and oxygen atoms in total. The van der Waals surface area contributed by atoms with E-state index in [0.717, 1.165) is 41.4 Å². The van der Waals surface area contributed by atoms with E-state index >= 15 is 0 Å². The Morgan fingerprint density at radius 3 is 2.67 bits per heavy atom. The van der Waals surface area contributed by atoms with Crippen molar-refractivity contribution in [3.63, 3.8) is 0 Å².